The molecule has 1 heterocycles. The van der Waals surface area contributed by atoms with E-state index < -0.39 is 11.9 Å². The molecule has 1 atom stereocenters. The van der Waals surface area contributed by atoms with Gasteiger partial charge in [-0.25, -0.2) is 4.98 Å². The zero-order chi connectivity index (χ0) is 17.2. The highest BCUT2D eigenvalue weighted by molar-refractivity contribution is 7.09. The Morgan fingerprint density at radius 2 is 2.12 bits per heavy atom. The Hall–Kier alpha value is -2.09. The minimum absolute atomic E-state index is 0.210. The number of alkyl halides is 3. The minimum Gasteiger partial charge on any atom is -0.356 e. The van der Waals surface area contributed by atoms with Crippen LogP contribution in [0.4, 0.5) is 13.2 Å². The second-order valence-electron chi connectivity index (χ2n) is 5.53. The standard InChI is InChI=1S/C16H17F3N4S/c1-20-15(21-7-11-6-10-4-2-3-5-12(10)11)22-8-14-23-13(9-24-14)16(17,18)19/h2-5,9,11H,6-8H2,1H3,(H2,20,21,22). The molecule has 0 bridgehead atoms. The van der Waals surface area contributed by atoms with Crippen molar-refractivity contribution in [3.8, 4) is 0 Å². The molecular weight excluding hydrogens is 337 g/mol. The first kappa shape index (κ1) is 16.8. The van der Waals surface area contributed by atoms with Crippen molar-refractivity contribution < 1.29 is 13.2 Å². The number of nitrogens with zero attached hydrogens (tertiary/aromatic N) is 2. The van der Waals surface area contributed by atoms with E-state index in [9.17, 15) is 13.2 Å². The molecule has 1 aliphatic rings. The van der Waals surface area contributed by atoms with Crippen molar-refractivity contribution in [2.45, 2.75) is 25.1 Å². The topological polar surface area (TPSA) is 49.3 Å². The Bertz CT molecular complexity index is 739. The number of benzene rings is 1. The maximum atomic E-state index is 12.5. The Morgan fingerprint density at radius 3 is 2.79 bits per heavy atom. The van der Waals surface area contributed by atoms with Gasteiger partial charge in [0.1, 0.15) is 5.01 Å². The van der Waals surface area contributed by atoms with Crippen LogP contribution in [-0.2, 0) is 19.1 Å². The summed E-state index contributed by atoms with van der Waals surface area (Å²) in [6.45, 7) is 0.948. The SMILES string of the molecule is CN=C(NCc1nc(C(F)(F)F)cs1)NCC1Cc2ccccc21. The summed E-state index contributed by atoms with van der Waals surface area (Å²) in [6, 6.07) is 8.31. The van der Waals surface area contributed by atoms with Gasteiger partial charge in [-0.1, -0.05) is 24.3 Å². The third kappa shape index (κ3) is 3.69. The van der Waals surface area contributed by atoms with Crippen LogP contribution >= 0.6 is 11.3 Å². The largest absolute Gasteiger partial charge is 0.434 e. The first-order valence-corrected chi connectivity index (χ1v) is 8.39. The molecule has 0 saturated heterocycles. The van der Waals surface area contributed by atoms with Gasteiger partial charge in [-0.2, -0.15) is 13.2 Å². The molecule has 0 spiro atoms. The van der Waals surface area contributed by atoms with Gasteiger partial charge in [0.25, 0.3) is 0 Å². The van der Waals surface area contributed by atoms with Crippen molar-refractivity contribution >= 4 is 17.3 Å². The lowest BCUT2D eigenvalue weighted by Crippen LogP contribution is -2.40. The predicted molar refractivity (Wildman–Crippen MR) is 88.2 cm³/mol. The Kier molecular flexibility index (Phi) is 4.75. The van der Waals surface area contributed by atoms with Crippen LogP contribution in [0.15, 0.2) is 34.6 Å². The molecule has 0 radical (unpaired) electrons. The molecule has 3 rings (SSSR count). The van der Waals surface area contributed by atoms with Gasteiger partial charge in [0, 0.05) is 24.9 Å². The molecule has 1 aromatic heterocycles. The van der Waals surface area contributed by atoms with Crippen molar-refractivity contribution in [1.29, 1.82) is 0 Å². The van der Waals surface area contributed by atoms with Crippen LogP contribution in [0.5, 0.6) is 0 Å². The highest BCUT2D eigenvalue weighted by Gasteiger charge is 2.33. The van der Waals surface area contributed by atoms with E-state index in [4.69, 9.17) is 0 Å². The number of thiazole rings is 1. The minimum atomic E-state index is -4.40. The number of aliphatic imine (C=N–C) groups is 1. The molecular formula is C16H17F3N4S. The summed E-state index contributed by atoms with van der Waals surface area (Å²) >= 11 is 0.983. The van der Waals surface area contributed by atoms with Crippen LogP contribution in [-0.4, -0.2) is 24.5 Å². The smallest absolute Gasteiger partial charge is 0.356 e. The molecule has 0 saturated carbocycles. The van der Waals surface area contributed by atoms with Gasteiger partial charge in [-0.3, -0.25) is 4.99 Å². The third-order valence-electron chi connectivity index (χ3n) is 3.95. The number of hydrogen-bond donors (Lipinski definition) is 2. The molecule has 24 heavy (non-hydrogen) atoms. The number of nitrogens with one attached hydrogen (secondary N) is 2. The van der Waals surface area contributed by atoms with E-state index in [1.165, 1.54) is 11.1 Å². The van der Waals surface area contributed by atoms with Crippen LogP contribution in [0.3, 0.4) is 0 Å². The van der Waals surface area contributed by atoms with Crippen LogP contribution in [0.25, 0.3) is 0 Å². The molecule has 0 aliphatic heterocycles. The van der Waals surface area contributed by atoms with E-state index in [0.717, 1.165) is 29.7 Å². The monoisotopic (exact) mass is 354 g/mol. The van der Waals surface area contributed by atoms with Crippen molar-refractivity contribution in [3.63, 3.8) is 0 Å². The normalized spacial score (nSPS) is 17.2. The Balaban J connectivity index is 1.49. The Morgan fingerprint density at radius 1 is 1.33 bits per heavy atom. The molecule has 2 aromatic rings. The van der Waals surface area contributed by atoms with Crippen LogP contribution in [0.1, 0.15) is 27.7 Å². The maximum absolute atomic E-state index is 12.5. The van der Waals surface area contributed by atoms with Crippen molar-refractivity contribution in [2.24, 2.45) is 4.99 Å². The highest BCUT2D eigenvalue weighted by atomic mass is 32.1. The number of fused-ring (bicyclic) bond motifs is 1. The first-order chi connectivity index (χ1) is 11.5. The van der Waals surface area contributed by atoms with E-state index in [1.54, 1.807) is 7.05 Å². The molecule has 128 valence electrons. The zero-order valence-corrected chi connectivity index (χ0v) is 13.8. The highest BCUT2D eigenvalue weighted by Crippen LogP contribution is 2.34. The fraction of sp³-hybridized carbons (Fsp3) is 0.375. The number of hydrogen-bond acceptors (Lipinski definition) is 3. The van der Waals surface area contributed by atoms with E-state index in [-0.39, 0.29) is 6.54 Å². The second-order valence-corrected chi connectivity index (χ2v) is 6.47. The number of rotatable bonds is 4. The second kappa shape index (κ2) is 6.80. The average molecular weight is 354 g/mol. The lowest BCUT2D eigenvalue weighted by atomic mass is 9.78. The fourth-order valence-corrected chi connectivity index (χ4v) is 3.41. The molecule has 0 fully saturated rings. The van der Waals surface area contributed by atoms with Crippen LogP contribution < -0.4 is 10.6 Å². The van der Waals surface area contributed by atoms with Gasteiger partial charge < -0.3 is 10.6 Å². The van der Waals surface area contributed by atoms with Gasteiger partial charge in [0.15, 0.2) is 11.7 Å². The lowest BCUT2D eigenvalue weighted by molar-refractivity contribution is -0.140. The average Bonchev–Trinajstić information content (AvgIpc) is 3.00. The summed E-state index contributed by atoms with van der Waals surface area (Å²) < 4.78 is 37.6. The van der Waals surface area contributed by atoms with Gasteiger partial charge in [-0.05, 0) is 17.5 Å². The quantitative estimate of drug-likeness (QED) is 0.655. The summed E-state index contributed by atoms with van der Waals surface area (Å²) in [7, 11) is 1.63. The van der Waals surface area contributed by atoms with Gasteiger partial charge in [-0.15, -0.1) is 11.3 Å². The molecule has 0 amide bonds. The zero-order valence-electron chi connectivity index (χ0n) is 13.0. The van der Waals surface area contributed by atoms with Gasteiger partial charge in [0.2, 0.25) is 0 Å². The van der Waals surface area contributed by atoms with Crippen molar-refractivity contribution in [1.82, 2.24) is 15.6 Å². The number of guanidine groups is 1. The Labute approximate surface area is 141 Å². The third-order valence-corrected chi connectivity index (χ3v) is 4.80. The summed E-state index contributed by atoms with van der Waals surface area (Å²) in [5, 5.41) is 7.61. The summed E-state index contributed by atoms with van der Waals surface area (Å²) in [6.07, 6.45) is -3.37. The van der Waals surface area contributed by atoms with E-state index in [2.05, 4.69) is 32.7 Å². The predicted octanol–water partition coefficient (Wildman–Crippen LogP) is 3.17. The molecule has 1 aromatic carbocycles. The van der Waals surface area contributed by atoms with Crippen LogP contribution in [0.2, 0.25) is 0 Å². The molecule has 2 N–H and O–H groups in total. The van der Waals surface area contributed by atoms with Gasteiger partial charge in [0.05, 0.1) is 6.54 Å². The molecule has 8 heteroatoms. The van der Waals surface area contributed by atoms with Crippen LogP contribution in [0, 0.1) is 0 Å². The summed E-state index contributed by atoms with van der Waals surface area (Å²) in [4.78, 5) is 7.68. The first-order valence-electron chi connectivity index (χ1n) is 7.51. The van der Waals surface area contributed by atoms with Crippen molar-refractivity contribution in [3.05, 3.63) is 51.5 Å². The van der Waals surface area contributed by atoms with Gasteiger partial charge >= 0.3 is 6.18 Å². The van der Waals surface area contributed by atoms with E-state index >= 15 is 0 Å². The number of aromatic nitrogens is 1. The summed E-state index contributed by atoms with van der Waals surface area (Å²) in [5.74, 6) is 1.000. The molecule has 1 aliphatic carbocycles. The lowest BCUT2D eigenvalue weighted by Gasteiger charge is -2.30. The summed E-state index contributed by atoms with van der Waals surface area (Å²) in [5.41, 5.74) is 1.86. The van der Waals surface area contributed by atoms with E-state index in [1.807, 2.05) is 12.1 Å². The molecule has 1 unspecified atom stereocenters. The molecule has 4 nitrogen and oxygen atoms in total. The van der Waals surface area contributed by atoms with Crippen molar-refractivity contribution in [2.75, 3.05) is 13.6 Å². The maximum Gasteiger partial charge on any atom is 0.434 e. The fourth-order valence-electron chi connectivity index (χ4n) is 2.67. The number of halogens is 3. The van der Waals surface area contributed by atoms with E-state index in [0.29, 0.717) is 16.9 Å².